The van der Waals surface area contributed by atoms with Crippen LogP contribution in [0.3, 0.4) is 0 Å². The van der Waals surface area contributed by atoms with Crippen molar-refractivity contribution in [3.8, 4) is 0 Å². The number of aromatic nitrogens is 2. The molecule has 0 fully saturated rings. The van der Waals surface area contributed by atoms with Crippen LogP contribution in [0.2, 0.25) is 0 Å². The van der Waals surface area contributed by atoms with Gasteiger partial charge in [0.05, 0.1) is 14.5 Å². The third kappa shape index (κ3) is 3.10. The van der Waals surface area contributed by atoms with E-state index in [1.807, 2.05) is 24.3 Å². The fraction of sp³-hybridized carbons (Fsp3) is 0. The van der Waals surface area contributed by atoms with Gasteiger partial charge in [0.15, 0.2) is 0 Å². The summed E-state index contributed by atoms with van der Waals surface area (Å²) in [7, 11) is 0. The number of nitrogens with zero attached hydrogens (tertiary/aromatic N) is 1. The summed E-state index contributed by atoms with van der Waals surface area (Å²) >= 11 is 17.7. The standard InChI is InChI=1S/C13H6Br5N3/c14-5-2-1-3-6(4-5)19-13-20-11-9(17)7(15)8(16)10(18)12(11)21-13/h1-4H,(H2,19,20,21). The van der Waals surface area contributed by atoms with Crippen LogP contribution in [0.1, 0.15) is 0 Å². The Morgan fingerprint density at radius 2 is 1.62 bits per heavy atom. The van der Waals surface area contributed by atoms with Gasteiger partial charge in [0.2, 0.25) is 5.95 Å². The highest BCUT2D eigenvalue weighted by Crippen LogP contribution is 2.43. The first-order valence-electron chi connectivity index (χ1n) is 5.71. The first-order chi connectivity index (χ1) is 9.97. The number of aromatic amines is 1. The quantitative estimate of drug-likeness (QED) is 0.242. The first kappa shape index (κ1) is 16.0. The molecule has 3 rings (SSSR count). The van der Waals surface area contributed by atoms with E-state index < -0.39 is 0 Å². The van der Waals surface area contributed by atoms with E-state index >= 15 is 0 Å². The molecule has 0 aliphatic heterocycles. The Kier molecular flexibility index (Phi) is 4.80. The summed E-state index contributed by atoms with van der Waals surface area (Å²) in [4.78, 5) is 7.87. The molecule has 8 heteroatoms. The van der Waals surface area contributed by atoms with Gasteiger partial charge in [0.1, 0.15) is 5.52 Å². The molecule has 0 unspecified atom stereocenters. The number of imidazole rings is 1. The maximum Gasteiger partial charge on any atom is 0.205 e. The zero-order valence-electron chi connectivity index (χ0n) is 10.1. The highest BCUT2D eigenvalue weighted by molar-refractivity contribution is 9.15. The molecule has 108 valence electrons. The zero-order chi connectivity index (χ0) is 15.1. The van der Waals surface area contributed by atoms with Crippen LogP contribution in [0.5, 0.6) is 0 Å². The van der Waals surface area contributed by atoms with Crippen LogP contribution in [0.25, 0.3) is 11.0 Å². The molecule has 0 spiro atoms. The van der Waals surface area contributed by atoms with Crippen molar-refractivity contribution in [2.75, 3.05) is 5.32 Å². The van der Waals surface area contributed by atoms with Gasteiger partial charge in [-0.05, 0) is 81.9 Å². The van der Waals surface area contributed by atoms with Crippen molar-refractivity contribution in [3.05, 3.63) is 46.6 Å². The molecule has 3 nitrogen and oxygen atoms in total. The molecule has 2 N–H and O–H groups in total. The number of fused-ring (bicyclic) bond motifs is 1. The molecule has 0 radical (unpaired) electrons. The largest absolute Gasteiger partial charge is 0.326 e. The summed E-state index contributed by atoms with van der Waals surface area (Å²) in [6.45, 7) is 0. The Hall–Kier alpha value is 0.110. The van der Waals surface area contributed by atoms with Gasteiger partial charge in [0.25, 0.3) is 0 Å². The lowest BCUT2D eigenvalue weighted by Crippen LogP contribution is -1.91. The van der Waals surface area contributed by atoms with Crippen molar-refractivity contribution in [3.63, 3.8) is 0 Å². The fourth-order valence-electron chi connectivity index (χ4n) is 1.86. The Labute approximate surface area is 162 Å². The molecule has 0 bridgehead atoms. The maximum absolute atomic E-state index is 4.59. The van der Waals surface area contributed by atoms with E-state index in [1.54, 1.807) is 0 Å². The Bertz CT molecular complexity index is 798. The van der Waals surface area contributed by atoms with Gasteiger partial charge in [-0.15, -0.1) is 0 Å². The van der Waals surface area contributed by atoms with Gasteiger partial charge in [-0.2, -0.15) is 0 Å². The zero-order valence-corrected chi connectivity index (χ0v) is 18.1. The molecule has 1 aromatic heterocycles. The van der Waals surface area contributed by atoms with Crippen LogP contribution >= 0.6 is 79.6 Å². The molecule has 0 saturated carbocycles. The molecule has 0 atom stereocenters. The van der Waals surface area contributed by atoms with Crippen LogP contribution in [0.4, 0.5) is 11.6 Å². The minimum Gasteiger partial charge on any atom is -0.326 e. The van der Waals surface area contributed by atoms with E-state index in [0.717, 1.165) is 39.1 Å². The lowest BCUT2D eigenvalue weighted by atomic mass is 10.3. The fourth-order valence-corrected chi connectivity index (χ4v) is 4.54. The predicted molar refractivity (Wildman–Crippen MR) is 104 cm³/mol. The highest BCUT2D eigenvalue weighted by Gasteiger charge is 2.17. The first-order valence-corrected chi connectivity index (χ1v) is 9.68. The number of halogens is 5. The van der Waals surface area contributed by atoms with Crippen LogP contribution in [0, 0.1) is 0 Å². The monoisotopic (exact) mass is 599 g/mol. The summed E-state index contributed by atoms with van der Waals surface area (Å²) in [5.74, 6) is 0.675. The summed E-state index contributed by atoms with van der Waals surface area (Å²) in [5, 5.41) is 3.26. The summed E-state index contributed by atoms with van der Waals surface area (Å²) in [6.07, 6.45) is 0. The number of anilines is 2. The minimum atomic E-state index is 0.675. The normalized spacial score (nSPS) is 11.1. The minimum absolute atomic E-state index is 0.675. The van der Waals surface area contributed by atoms with Crippen molar-refractivity contribution in [2.45, 2.75) is 0 Å². The number of hydrogen-bond donors (Lipinski definition) is 2. The SMILES string of the molecule is Brc1cccc(Nc2nc3c(Br)c(Br)c(Br)c(Br)c3[nH]2)c1. The Morgan fingerprint density at radius 1 is 0.905 bits per heavy atom. The molecule has 0 saturated heterocycles. The molecule has 0 aliphatic carbocycles. The highest BCUT2D eigenvalue weighted by atomic mass is 79.9. The van der Waals surface area contributed by atoms with E-state index in [0.29, 0.717) is 5.95 Å². The average molecular weight is 604 g/mol. The van der Waals surface area contributed by atoms with Gasteiger partial charge in [-0.3, -0.25) is 0 Å². The molecule has 2 aromatic carbocycles. The van der Waals surface area contributed by atoms with Crippen LogP contribution < -0.4 is 5.32 Å². The average Bonchev–Trinajstić information content (AvgIpc) is 2.87. The summed E-state index contributed by atoms with van der Waals surface area (Å²) in [6, 6.07) is 7.91. The van der Waals surface area contributed by atoms with E-state index in [9.17, 15) is 0 Å². The van der Waals surface area contributed by atoms with Crippen molar-refractivity contribution in [1.82, 2.24) is 9.97 Å². The van der Waals surface area contributed by atoms with Crippen molar-refractivity contribution < 1.29 is 0 Å². The third-order valence-electron chi connectivity index (χ3n) is 2.80. The number of H-pyrrole nitrogens is 1. The van der Waals surface area contributed by atoms with E-state index in [-0.39, 0.29) is 0 Å². The number of hydrogen-bond acceptors (Lipinski definition) is 2. The molecule has 1 heterocycles. The van der Waals surface area contributed by atoms with Crippen LogP contribution in [0.15, 0.2) is 46.6 Å². The third-order valence-corrected chi connectivity index (χ3v) is 8.04. The van der Waals surface area contributed by atoms with Gasteiger partial charge in [0, 0.05) is 19.1 Å². The second-order valence-electron chi connectivity index (χ2n) is 4.20. The molecule has 0 amide bonds. The Morgan fingerprint density at radius 3 is 2.33 bits per heavy atom. The number of nitrogens with one attached hydrogen (secondary N) is 2. The van der Waals surface area contributed by atoms with Crippen LogP contribution in [-0.4, -0.2) is 9.97 Å². The molecule has 3 aromatic rings. The summed E-state index contributed by atoms with van der Waals surface area (Å²) in [5.41, 5.74) is 2.71. The lowest BCUT2D eigenvalue weighted by Gasteiger charge is -2.03. The van der Waals surface area contributed by atoms with Gasteiger partial charge in [-0.1, -0.05) is 22.0 Å². The van der Waals surface area contributed by atoms with Crippen molar-refractivity contribution in [1.29, 1.82) is 0 Å². The topological polar surface area (TPSA) is 40.7 Å². The summed E-state index contributed by atoms with van der Waals surface area (Å²) < 4.78 is 4.67. The van der Waals surface area contributed by atoms with Gasteiger partial charge >= 0.3 is 0 Å². The molecular weight excluding hydrogens is 598 g/mol. The van der Waals surface area contributed by atoms with E-state index in [4.69, 9.17) is 0 Å². The molecule has 0 aliphatic rings. The Balaban J connectivity index is 2.10. The van der Waals surface area contributed by atoms with Crippen LogP contribution in [-0.2, 0) is 0 Å². The smallest absolute Gasteiger partial charge is 0.205 e. The molecule has 21 heavy (non-hydrogen) atoms. The lowest BCUT2D eigenvalue weighted by molar-refractivity contribution is 1.31. The maximum atomic E-state index is 4.59. The second-order valence-corrected chi connectivity index (χ2v) is 8.29. The molecular formula is C13H6Br5N3. The van der Waals surface area contributed by atoms with E-state index in [2.05, 4.69) is 94.9 Å². The van der Waals surface area contributed by atoms with Crippen molar-refractivity contribution >= 4 is 102 Å². The number of benzene rings is 2. The van der Waals surface area contributed by atoms with Gasteiger partial charge in [-0.25, -0.2) is 4.98 Å². The predicted octanol–water partition coefficient (Wildman–Crippen LogP) is 7.12. The second kappa shape index (κ2) is 6.31. The van der Waals surface area contributed by atoms with Crippen molar-refractivity contribution in [2.24, 2.45) is 0 Å². The van der Waals surface area contributed by atoms with Gasteiger partial charge < -0.3 is 10.3 Å². The number of rotatable bonds is 2. The van der Waals surface area contributed by atoms with E-state index in [1.165, 1.54) is 0 Å².